The number of ether oxygens (including phenoxy) is 3. The van der Waals surface area contributed by atoms with E-state index < -0.39 is 16.9 Å². The van der Waals surface area contributed by atoms with E-state index in [1.165, 1.54) is 31.4 Å². The van der Waals surface area contributed by atoms with Crippen molar-refractivity contribution in [3.05, 3.63) is 293 Å². The van der Waals surface area contributed by atoms with Gasteiger partial charge in [-0.05, 0) is 156 Å². The Bertz CT molecular complexity index is 5770. The Labute approximate surface area is 583 Å². The molecule has 0 fully saturated rings. The van der Waals surface area contributed by atoms with Gasteiger partial charge in [-0.1, -0.05) is 104 Å². The number of nitrogens with zero attached hydrogens (tertiary/aromatic N) is 6. The van der Waals surface area contributed by atoms with Crippen molar-refractivity contribution in [1.29, 1.82) is 0 Å². The van der Waals surface area contributed by atoms with Crippen LogP contribution in [0.1, 0.15) is 0 Å². The van der Waals surface area contributed by atoms with E-state index in [0.717, 1.165) is 33.7 Å². The van der Waals surface area contributed by atoms with Gasteiger partial charge in [-0.3, -0.25) is 28.8 Å². The third kappa shape index (κ3) is 14.4. The first-order valence-electron chi connectivity index (χ1n) is 30.9. The van der Waals surface area contributed by atoms with Gasteiger partial charge in [0.2, 0.25) is 17.7 Å². The molecular formula is C76H59ClFN15O9. The molecule has 506 valence electrons. The van der Waals surface area contributed by atoms with E-state index in [0.29, 0.717) is 94.5 Å². The highest BCUT2D eigenvalue weighted by atomic mass is 35.5. The minimum absolute atomic E-state index is 0.116. The van der Waals surface area contributed by atoms with E-state index in [4.69, 9.17) is 43.0 Å². The Hall–Kier alpha value is -14.3. The van der Waals surface area contributed by atoms with E-state index in [2.05, 4.69) is 66.3 Å². The summed E-state index contributed by atoms with van der Waals surface area (Å²) >= 11 is 6.31. The molecule has 14 rings (SSSR count). The summed E-state index contributed by atoms with van der Waals surface area (Å²) in [6.07, 6.45) is 8.96. The molecule has 26 heteroatoms. The Kier molecular flexibility index (Phi) is 19.6. The number of methoxy groups -OCH3 is 1. The number of amides is 3. The van der Waals surface area contributed by atoms with Crippen LogP contribution in [0.4, 0.5) is 38.9 Å². The van der Waals surface area contributed by atoms with Crippen molar-refractivity contribution in [3.63, 3.8) is 0 Å². The number of para-hydroxylation sites is 2. The lowest BCUT2D eigenvalue weighted by molar-refractivity contribution is -0.112. The second-order valence-corrected chi connectivity index (χ2v) is 22.7. The molecule has 3 amide bonds. The molecule has 0 aliphatic carbocycles. The zero-order valence-corrected chi connectivity index (χ0v) is 54.7. The van der Waals surface area contributed by atoms with Crippen molar-refractivity contribution in [2.45, 2.75) is 0 Å². The minimum atomic E-state index is -0.464. The minimum Gasteiger partial charge on any atom is -0.495 e. The molecule has 8 aromatic carbocycles. The maximum Gasteiger partial charge on any atom is 0.289 e. The molecule has 0 saturated carbocycles. The number of hydrogen-bond acceptors (Lipinski definition) is 15. The highest BCUT2D eigenvalue weighted by molar-refractivity contribution is 6.32. The quantitative estimate of drug-likeness (QED) is 0.0383. The molecule has 24 nitrogen and oxygen atoms in total. The van der Waals surface area contributed by atoms with Gasteiger partial charge in [-0.2, -0.15) is 15.3 Å². The lowest BCUT2D eigenvalue weighted by Crippen LogP contribution is -2.13. The van der Waals surface area contributed by atoms with Gasteiger partial charge in [0, 0.05) is 69.4 Å². The number of carbonyl (C=O) groups excluding carboxylic acids is 3. The maximum absolute atomic E-state index is 13.9. The fourth-order valence-electron chi connectivity index (χ4n) is 11.2. The number of benzene rings is 8. The van der Waals surface area contributed by atoms with Crippen LogP contribution in [0.3, 0.4) is 0 Å². The molecule has 12 N–H and O–H groups in total. The van der Waals surface area contributed by atoms with E-state index in [-0.39, 0.29) is 46.5 Å². The molecule has 102 heavy (non-hydrogen) atoms. The zero-order valence-electron chi connectivity index (χ0n) is 53.9. The van der Waals surface area contributed by atoms with Gasteiger partial charge in [0.15, 0.2) is 29.0 Å². The van der Waals surface area contributed by atoms with Crippen molar-refractivity contribution in [1.82, 2.24) is 44.3 Å². The third-order valence-corrected chi connectivity index (χ3v) is 16.1. The molecule has 6 heterocycles. The van der Waals surface area contributed by atoms with Crippen LogP contribution in [-0.2, 0) is 14.4 Å². The molecule has 0 aliphatic heterocycles. The molecule has 0 aliphatic rings. The van der Waals surface area contributed by atoms with Crippen LogP contribution in [0.5, 0.6) is 28.7 Å². The van der Waals surface area contributed by atoms with Gasteiger partial charge >= 0.3 is 0 Å². The molecule has 0 atom stereocenters. The average molecular weight is 1380 g/mol. The number of nitrogen functional groups attached to an aromatic ring is 3. The second-order valence-electron chi connectivity index (χ2n) is 22.3. The molecule has 0 saturated heterocycles. The zero-order chi connectivity index (χ0) is 71.7. The smallest absolute Gasteiger partial charge is 0.289 e. The molecule has 14 aromatic rings. The maximum atomic E-state index is 13.9. The number of carbonyl (C=O) groups is 3. The Morgan fingerprint density at radius 3 is 1.29 bits per heavy atom. The lowest BCUT2D eigenvalue weighted by atomic mass is 10.1. The van der Waals surface area contributed by atoms with Gasteiger partial charge in [-0.25, -0.2) is 19.7 Å². The van der Waals surface area contributed by atoms with Gasteiger partial charge in [0.25, 0.3) is 16.7 Å². The average Bonchev–Trinajstić information content (AvgIpc) is 1.61. The predicted molar refractivity (Wildman–Crippen MR) is 396 cm³/mol. The summed E-state index contributed by atoms with van der Waals surface area (Å²) < 4.78 is 35.9. The highest BCUT2D eigenvalue weighted by Gasteiger charge is 2.23. The van der Waals surface area contributed by atoms with E-state index in [1.54, 1.807) is 147 Å². The Morgan fingerprint density at radius 2 is 0.853 bits per heavy atom. The Morgan fingerprint density at radius 1 is 0.451 bits per heavy atom. The summed E-state index contributed by atoms with van der Waals surface area (Å²) in [5, 5.41) is 29.2. The summed E-state index contributed by atoms with van der Waals surface area (Å²) in [5.74, 6) is 1.60. The van der Waals surface area contributed by atoms with Crippen molar-refractivity contribution < 1.29 is 33.0 Å². The summed E-state index contributed by atoms with van der Waals surface area (Å²) in [6, 6.07) is 56.6. The summed E-state index contributed by atoms with van der Waals surface area (Å²) in [5.41, 5.74) is 26.5. The topological polar surface area (TPSA) is 345 Å². The first-order valence-corrected chi connectivity index (χ1v) is 31.3. The monoisotopic (exact) mass is 1380 g/mol. The lowest BCUT2D eigenvalue weighted by Gasteiger charge is -2.08. The van der Waals surface area contributed by atoms with Gasteiger partial charge in [-0.15, -0.1) is 0 Å². The van der Waals surface area contributed by atoms with Crippen LogP contribution < -0.4 is 64.0 Å². The number of anilines is 6. The summed E-state index contributed by atoms with van der Waals surface area (Å²) in [6.45, 7) is 10.4. The number of rotatable bonds is 17. The first kappa shape index (κ1) is 67.6. The fourth-order valence-corrected chi connectivity index (χ4v) is 11.4. The standard InChI is InChI=1S/C27H20FN5O3.C27H21N5O3.C22H18ClN5O3/c1-2-23(34)30-17-6-5-7-18(14-17)33-15-20(24-25(33)27(35)32-31-26(24)29)16-10-12-19(13-11-16)36-22-9-4-3-8-21(22)28;1-2-23(33)29-18-10-12-19(13-11-18)32-16-22(24-25(32)27(34)31-30-26(24)28)17-8-14-21(15-9-17)35-20-6-4-3-5-7-20;1-3-18(29)25-13-5-4-6-14(10-13)28-11-15(12-7-8-17(31-2)16(23)9-12)19-20(28)22(30)27-26-21(19)24/h2-15H,1H2,(H2,29,31)(H,30,34)(H,32,35);2-16H,1H2,(H2,28,30)(H,29,33)(H,31,34);3-11H,1H2,2H3,(H2,24,26)(H,25,29)(H,27,30). The largest absolute Gasteiger partial charge is 0.495 e. The second kappa shape index (κ2) is 29.6. The first-order chi connectivity index (χ1) is 49.4. The SMILES string of the molecule is C=CC(=O)Nc1ccc(-n2cc(-c3ccc(Oc4ccccc4)cc3)c3c(N)n[nH]c(=O)c32)cc1.C=CC(=O)Nc1cccc(-n2cc(-c3ccc(OC)c(Cl)c3)c3c(N)n[nH]c(=O)c32)c1.C=CC(=O)Nc1cccc(-n2cc(-c3ccc(Oc4ccccc4F)cc3)c3c(N)n[nH]c(=O)c32)c1. The number of aromatic nitrogens is 9. The third-order valence-electron chi connectivity index (χ3n) is 15.9. The fraction of sp³-hybridized carbons (Fsp3) is 0.0132. The van der Waals surface area contributed by atoms with Crippen molar-refractivity contribution in [2.24, 2.45) is 0 Å². The molecule has 0 radical (unpaired) electrons. The van der Waals surface area contributed by atoms with E-state index in [1.807, 2.05) is 72.9 Å². The molecule has 0 unspecified atom stereocenters. The number of nitrogens with two attached hydrogens (primary N) is 3. The number of halogens is 2. The van der Waals surface area contributed by atoms with Crippen molar-refractivity contribution in [2.75, 3.05) is 40.3 Å². The normalized spacial score (nSPS) is 10.8. The van der Waals surface area contributed by atoms with Gasteiger partial charge < -0.3 is 61.1 Å². The molecular weight excluding hydrogens is 1320 g/mol. The number of aromatic amines is 3. The number of nitrogens with one attached hydrogen (secondary N) is 6. The van der Waals surface area contributed by atoms with Gasteiger partial charge in [0.1, 0.15) is 39.5 Å². The van der Waals surface area contributed by atoms with Gasteiger partial charge in [0.05, 0.1) is 28.3 Å². The molecule has 0 bridgehead atoms. The molecule has 0 spiro atoms. The van der Waals surface area contributed by atoms with E-state index in [9.17, 15) is 33.2 Å². The van der Waals surface area contributed by atoms with Crippen molar-refractivity contribution >= 4 is 96.5 Å². The number of H-pyrrole nitrogens is 3. The van der Waals surface area contributed by atoms with Crippen LogP contribution in [0, 0.1) is 5.82 Å². The highest BCUT2D eigenvalue weighted by Crippen LogP contribution is 2.40. The molecule has 6 aromatic heterocycles. The number of fused-ring (bicyclic) bond motifs is 3. The number of hydrogen-bond donors (Lipinski definition) is 9. The Balaban J connectivity index is 0.000000145. The van der Waals surface area contributed by atoms with Crippen molar-refractivity contribution in [3.8, 4) is 79.2 Å². The van der Waals surface area contributed by atoms with Crippen LogP contribution in [0.25, 0.3) is 83.2 Å². The summed E-state index contributed by atoms with van der Waals surface area (Å²) in [7, 11) is 1.53. The van der Waals surface area contributed by atoms with Crippen LogP contribution in [0.15, 0.2) is 265 Å². The van der Waals surface area contributed by atoms with Crippen LogP contribution in [-0.4, -0.2) is 69.1 Å². The van der Waals surface area contributed by atoms with Crippen LogP contribution >= 0.6 is 11.6 Å². The summed E-state index contributed by atoms with van der Waals surface area (Å²) in [4.78, 5) is 73.3. The van der Waals surface area contributed by atoms with E-state index >= 15 is 0 Å². The van der Waals surface area contributed by atoms with Crippen LogP contribution in [0.2, 0.25) is 5.02 Å². The predicted octanol–water partition coefficient (Wildman–Crippen LogP) is 13.6.